The molecule has 1 aromatic heterocycles. The van der Waals surface area contributed by atoms with Crippen molar-refractivity contribution in [1.82, 2.24) is 9.88 Å². The van der Waals surface area contributed by atoms with Crippen LogP contribution in [0.3, 0.4) is 0 Å². The highest BCUT2D eigenvalue weighted by molar-refractivity contribution is 5.93. The fourth-order valence-electron chi connectivity index (χ4n) is 3.20. The van der Waals surface area contributed by atoms with E-state index in [0.717, 1.165) is 25.3 Å². The molecule has 1 heterocycles. The molecule has 0 spiro atoms. The molecule has 0 bridgehead atoms. The molecule has 1 aromatic carbocycles. The summed E-state index contributed by atoms with van der Waals surface area (Å²) >= 11 is 0. The molecule has 0 aliphatic heterocycles. The van der Waals surface area contributed by atoms with Gasteiger partial charge < -0.3 is 9.64 Å². The molecule has 0 N–H and O–H groups in total. The number of halogens is 1. The molecular formula is C22H27FN2O2. The number of allylic oxidation sites excluding steroid dienone is 1. The van der Waals surface area contributed by atoms with Crippen LogP contribution in [0.15, 0.2) is 49.2 Å². The summed E-state index contributed by atoms with van der Waals surface area (Å²) in [6.45, 7) is 8.23. The number of pyridine rings is 1. The first-order valence-corrected chi connectivity index (χ1v) is 9.13. The molecule has 2 aromatic rings. The van der Waals surface area contributed by atoms with Crippen molar-refractivity contribution in [2.75, 3.05) is 14.1 Å². The summed E-state index contributed by atoms with van der Waals surface area (Å²) in [5, 5.41) is 0. The molecule has 27 heavy (non-hydrogen) atoms. The number of amides is 1. The molecule has 0 atom stereocenters. The Kier molecular flexibility index (Phi) is 6.72. The zero-order valence-electron chi connectivity index (χ0n) is 16.5. The molecule has 0 aliphatic carbocycles. The minimum atomic E-state index is -0.671. The number of carbonyl (C=O) groups excluding carboxylic acids is 1. The normalized spacial score (nSPS) is 11.1. The van der Waals surface area contributed by atoms with Crippen molar-refractivity contribution in [1.29, 1.82) is 0 Å². The van der Waals surface area contributed by atoms with Gasteiger partial charge in [0.2, 0.25) is 0 Å². The maximum atomic E-state index is 14.3. The van der Waals surface area contributed by atoms with Crippen LogP contribution in [0.2, 0.25) is 0 Å². The average molecular weight is 370 g/mol. The number of rotatable bonds is 8. The molecule has 0 radical (unpaired) electrons. The minimum absolute atomic E-state index is 0.0535. The lowest BCUT2D eigenvalue weighted by Gasteiger charge is -2.31. The first-order chi connectivity index (χ1) is 12.9. The monoisotopic (exact) mass is 370 g/mol. The molecule has 144 valence electrons. The maximum absolute atomic E-state index is 14.3. The summed E-state index contributed by atoms with van der Waals surface area (Å²) in [6.07, 6.45) is 6.18. The van der Waals surface area contributed by atoms with E-state index in [9.17, 15) is 9.18 Å². The van der Waals surface area contributed by atoms with Gasteiger partial charge in [-0.05, 0) is 48.4 Å². The number of hydrogen-bond donors (Lipinski definition) is 0. The van der Waals surface area contributed by atoms with Gasteiger partial charge in [-0.15, -0.1) is 6.58 Å². The van der Waals surface area contributed by atoms with Crippen LogP contribution in [0.5, 0.6) is 11.6 Å². The Morgan fingerprint density at radius 2 is 1.89 bits per heavy atom. The van der Waals surface area contributed by atoms with E-state index < -0.39 is 5.82 Å². The second-order valence-corrected chi connectivity index (χ2v) is 6.82. The summed E-state index contributed by atoms with van der Waals surface area (Å²) in [5.74, 6) is -0.636. The van der Waals surface area contributed by atoms with Crippen LogP contribution in [-0.4, -0.2) is 29.9 Å². The average Bonchev–Trinajstić information content (AvgIpc) is 2.67. The molecule has 0 unspecified atom stereocenters. The number of nitrogens with zero attached hydrogens (tertiary/aromatic N) is 2. The van der Waals surface area contributed by atoms with Crippen molar-refractivity contribution in [3.05, 3.63) is 66.1 Å². The lowest BCUT2D eigenvalue weighted by molar-refractivity contribution is 0.0826. The first kappa shape index (κ1) is 20.6. The highest BCUT2D eigenvalue weighted by atomic mass is 19.1. The molecule has 0 fully saturated rings. The van der Waals surface area contributed by atoms with E-state index in [2.05, 4.69) is 25.4 Å². The van der Waals surface area contributed by atoms with Gasteiger partial charge in [-0.3, -0.25) is 4.79 Å². The molecule has 0 saturated carbocycles. The van der Waals surface area contributed by atoms with Crippen LogP contribution in [0.25, 0.3) is 0 Å². The number of carbonyl (C=O) groups is 1. The Morgan fingerprint density at radius 1 is 1.26 bits per heavy atom. The van der Waals surface area contributed by atoms with Gasteiger partial charge in [0.05, 0.1) is 5.56 Å². The largest absolute Gasteiger partial charge is 0.436 e. The minimum Gasteiger partial charge on any atom is -0.436 e. The van der Waals surface area contributed by atoms with Gasteiger partial charge in [0.1, 0.15) is 5.75 Å². The third-order valence-electron chi connectivity index (χ3n) is 5.03. The van der Waals surface area contributed by atoms with Crippen LogP contribution in [0.1, 0.15) is 49.0 Å². The molecule has 4 nitrogen and oxygen atoms in total. The van der Waals surface area contributed by atoms with E-state index >= 15 is 0 Å². The van der Waals surface area contributed by atoms with Crippen molar-refractivity contribution in [3.8, 4) is 11.6 Å². The smallest absolute Gasteiger partial charge is 0.255 e. The SMILES string of the molecule is C=CCC(CC)(CC)c1ccc(Oc2ncc(C(=O)N(C)C)cc2F)cc1. The van der Waals surface area contributed by atoms with Gasteiger partial charge >= 0.3 is 0 Å². The highest BCUT2D eigenvalue weighted by Gasteiger charge is 2.26. The molecular weight excluding hydrogens is 343 g/mol. The van der Waals surface area contributed by atoms with Crippen LogP contribution in [0.4, 0.5) is 4.39 Å². The Morgan fingerprint density at radius 3 is 2.37 bits per heavy atom. The Bertz CT molecular complexity index is 796. The fourth-order valence-corrected chi connectivity index (χ4v) is 3.20. The van der Waals surface area contributed by atoms with Gasteiger partial charge in [-0.2, -0.15) is 0 Å². The van der Waals surface area contributed by atoms with E-state index in [-0.39, 0.29) is 22.8 Å². The maximum Gasteiger partial charge on any atom is 0.255 e. The number of aromatic nitrogens is 1. The standard InChI is InChI=1S/C22H27FN2O2/c1-6-13-22(7-2,8-3)17-9-11-18(12-10-17)27-20-19(23)14-16(15-24-20)21(26)25(4)5/h6,9-12,14-15H,1,7-8,13H2,2-5H3. The first-order valence-electron chi connectivity index (χ1n) is 9.13. The predicted molar refractivity (Wildman–Crippen MR) is 106 cm³/mol. The van der Waals surface area contributed by atoms with Crippen molar-refractivity contribution in [3.63, 3.8) is 0 Å². The van der Waals surface area contributed by atoms with Gasteiger partial charge in [0.25, 0.3) is 11.8 Å². The molecule has 0 saturated heterocycles. The van der Waals surface area contributed by atoms with Crippen LogP contribution in [0, 0.1) is 5.82 Å². The Balaban J connectivity index is 2.21. The van der Waals surface area contributed by atoms with E-state index in [4.69, 9.17) is 4.74 Å². The van der Waals surface area contributed by atoms with Crippen molar-refractivity contribution in [2.24, 2.45) is 0 Å². The van der Waals surface area contributed by atoms with Gasteiger partial charge in [0, 0.05) is 20.3 Å². The Hall–Kier alpha value is -2.69. The zero-order chi connectivity index (χ0) is 20.0. The third-order valence-corrected chi connectivity index (χ3v) is 5.03. The lowest BCUT2D eigenvalue weighted by Crippen LogP contribution is -2.23. The molecule has 0 aliphatic rings. The van der Waals surface area contributed by atoms with Crippen LogP contribution < -0.4 is 4.74 Å². The van der Waals surface area contributed by atoms with Gasteiger partial charge in [-0.1, -0.05) is 32.1 Å². The zero-order valence-corrected chi connectivity index (χ0v) is 16.5. The second-order valence-electron chi connectivity index (χ2n) is 6.82. The topological polar surface area (TPSA) is 42.4 Å². The summed E-state index contributed by atoms with van der Waals surface area (Å²) in [5.41, 5.74) is 1.44. The molecule has 2 rings (SSSR count). The van der Waals surface area contributed by atoms with E-state index in [1.807, 2.05) is 30.3 Å². The summed E-state index contributed by atoms with van der Waals surface area (Å²) in [4.78, 5) is 17.2. The van der Waals surface area contributed by atoms with Gasteiger partial charge in [0.15, 0.2) is 5.82 Å². The van der Waals surface area contributed by atoms with Crippen molar-refractivity contribution in [2.45, 2.75) is 38.5 Å². The number of ether oxygens (including phenoxy) is 1. The van der Waals surface area contributed by atoms with E-state index in [0.29, 0.717) is 5.75 Å². The highest BCUT2D eigenvalue weighted by Crippen LogP contribution is 2.36. The molecule has 5 heteroatoms. The summed E-state index contributed by atoms with van der Waals surface area (Å²) in [7, 11) is 3.20. The fraction of sp³-hybridized carbons (Fsp3) is 0.364. The lowest BCUT2D eigenvalue weighted by atomic mass is 9.73. The summed E-state index contributed by atoms with van der Waals surface area (Å²) < 4.78 is 19.8. The molecule has 1 amide bonds. The predicted octanol–water partition coefficient (Wildman–Crippen LogP) is 5.35. The Labute approximate surface area is 160 Å². The van der Waals surface area contributed by atoms with Crippen LogP contribution in [-0.2, 0) is 5.41 Å². The van der Waals surface area contributed by atoms with Crippen LogP contribution >= 0.6 is 0 Å². The van der Waals surface area contributed by atoms with Gasteiger partial charge in [-0.25, -0.2) is 9.37 Å². The number of benzene rings is 1. The second kappa shape index (κ2) is 8.80. The van der Waals surface area contributed by atoms with E-state index in [1.54, 1.807) is 14.1 Å². The van der Waals surface area contributed by atoms with Crippen molar-refractivity contribution < 1.29 is 13.9 Å². The summed E-state index contributed by atoms with van der Waals surface area (Å²) in [6, 6.07) is 8.79. The third kappa shape index (κ3) is 4.54. The van der Waals surface area contributed by atoms with E-state index in [1.165, 1.54) is 16.7 Å². The number of hydrogen-bond acceptors (Lipinski definition) is 3. The van der Waals surface area contributed by atoms with Crippen molar-refractivity contribution >= 4 is 5.91 Å². The quantitative estimate of drug-likeness (QED) is 0.588.